The zero-order valence-corrected chi connectivity index (χ0v) is 16.0. The van der Waals surface area contributed by atoms with Crippen molar-refractivity contribution in [2.45, 2.75) is 63.3 Å². The molecule has 0 bridgehead atoms. The Balaban J connectivity index is 1.82. The largest absolute Gasteiger partial charge is 0.444 e. The molecule has 0 spiro atoms. The molecule has 6 nitrogen and oxygen atoms in total. The molecule has 0 aromatic heterocycles. The number of carbonyl (C=O) groups is 1. The van der Waals surface area contributed by atoms with Gasteiger partial charge in [0.1, 0.15) is 5.60 Å². The summed E-state index contributed by atoms with van der Waals surface area (Å²) in [4.78, 5) is 13.7. The molecular formula is C17H30N2O4S. The van der Waals surface area contributed by atoms with Crippen LogP contribution in [0.5, 0.6) is 0 Å². The molecule has 138 valence electrons. The summed E-state index contributed by atoms with van der Waals surface area (Å²) in [6.07, 6.45) is 6.51. The molecule has 2 aliphatic rings. The average molecular weight is 359 g/mol. The molecule has 2 atom stereocenters. The maximum atomic E-state index is 12.0. The molecule has 0 radical (unpaired) electrons. The molecular weight excluding hydrogens is 328 g/mol. The van der Waals surface area contributed by atoms with Gasteiger partial charge in [0.25, 0.3) is 0 Å². The van der Waals surface area contributed by atoms with E-state index in [-0.39, 0.29) is 17.4 Å². The normalized spacial score (nSPS) is 25.5. The molecule has 24 heavy (non-hydrogen) atoms. The van der Waals surface area contributed by atoms with E-state index in [1.54, 1.807) is 4.90 Å². The van der Waals surface area contributed by atoms with E-state index in [9.17, 15) is 13.2 Å². The second-order valence-corrected chi connectivity index (χ2v) is 10.1. The fourth-order valence-corrected chi connectivity index (χ4v) is 4.72. The van der Waals surface area contributed by atoms with Gasteiger partial charge in [-0.15, -0.1) is 0 Å². The standard InChI is InChI=1S/C17H30N2O4S/c1-17(2,3)23-16(20)19-10-8-13(9-11-19)12-18-14-6-5-7-15(14)24(4,21)22/h8,14-15,18H,5-7,9-12H2,1-4H3. The van der Waals surface area contributed by atoms with Crippen LogP contribution in [0.2, 0.25) is 0 Å². The van der Waals surface area contributed by atoms with Gasteiger partial charge < -0.3 is 15.0 Å². The fourth-order valence-electron chi connectivity index (χ4n) is 3.30. The number of nitrogens with zero attached hydrogens (tertiary/aromatic N) is 1. The van der Waals surface area contributed by atoms with Gasteiger partial charge in [-0.1, -0.05) is 18.1 Å². The molecule has 2 rings (SSSR count). The van der Waals surface area contributed by atoms with E-state index in [1.807, 2.05) is 26.8 Å². The highest BCUT2D eigenvalue weighted by molar-refractivity contribution is 7.91. The summed E-state index contributed by atoms with van der Waals surface area (Å²) in [5.41, 5.74) is 0.750. The Morgan fingerprint density at radius 3 is 2.62 bits per heavy atom. The number of rotatable bonds is 4. The molecule has 1 aliphatic carbocycles. The second-order valence-electron chi connectivity index (χ2n) is 7.83. The Kier molecular flexibility index (Phi) is 5.96. The lowest BCUT2D eigenvalue weighted by Crippen LogP contribution is -2.43. The monoisotopic (exact) mass is 358 g/mol. The van der Waals surface area contributed by atoms with Crippen molar-refractivity contribution in [3.8, 4) is 0 Å². The van der Waals surface area contributed by atoms with Gasteiger partial charge in [-0.05, 0) is 40.0 Å². The van der Waals surface area contributed by atoms with Gasteiger partial charge >= 0.3 is 6.09 Å². The Morgan fingerprint density at radius 2 is 2.08 bits per heavy atom. The van der Waals surface area contributed by atoms with E-state index in [1.165, 1.54) is 11.8 Å². The summed E-state index contributed by atoms with van der Waals surface area (Å²) in [7, 11) is -2.99. The molecule has 2 unspecified atom stereocenters. The van der Waals surface area contributed by atoms with Crippen molar-refractivity contribution in [2.24, 2.45) is 0 Å². The van der Waals surface area contributed by atoms with E-state index in [4.69, 9.17) is 4.74 Å². The van der Waals surface area contributed by atoms with E-state index in [0.717, 1.165) is 25.7 Å². The first-order chi connectivity index (χ1) is 11.1. The third kappa shape index (κ3) is 5.48. The third-order valence-electron chi connectivity index (χ3n) is 4.55. The molecule has 7 heteroatoms. The minimum Gasteiger partial charge on any atom is -0.444 e. The van der Waals surface area contributed by atoms with Crippen molar-refractivity contribution in [3.63, 3.8) is 0 Å². The van der Waals surface area contributed by atoms with Gasteiger partial charge in [-0.2, -0.15) is 0 Å². The second kappa shape index (κ2) is 7.44. The van der Waals surface area contributed by atoms with Crippen LogP contribution in [0, 0.1) is 0 Å². The van der Waals surface area contributed by atoms with Crippen molar-refractivity contribution < 1.29 is 17.9 Å². The van der Waals surface area contributed by atoms with Crippen molar-refractivity contribution in [2.75, 3.05) is 25.9 Å². The SMILES string of the molecule is CC(C)(C)OC(=O)N1CC=C(CNC2CCCC2S(C)(=O)=O)CC1. The maximum absolute atomic E-state index is 12.0. The van der Waals surface area contributed by atoms with E-state index in [0.29, 0.717) is 19.6 Å². The summed E-state index contributed by atoms with van der Waals surface area (Å²) in [5, 5.41) is 3.14. The molecule has 0 aromatic rings. The van der Waals surface area contributed by atoms with Crippen molar-refractivity contribution in [3.05, 3.63) is 11.6 Å². The fraction of sp³-hybridized carbons (Fsp3) is 0.824. The van der Waals surface area contributed by atoms with Crippen LogP contribution in [-0.2, 0) is 14.6 Å². The van der Waals surface area contributed by atoms with Gasteiger partial charge in [0, 0.05) is 31.9 Å². The van der Waals surface area contributed by atoms with Gasteiger partial charge in [0.15, 0.2) is 9.84 Å². The quantitative estimate of drug-likeness (QED) is 0.779. The first kappa shape index (κ1) is 19.2. The van der Waals surface area contributed by atoms with Gasteiger partial charge in [-0.3, -0.25) is 0 Å². The Morgan fingerprint density at radius 1 is 1.38 bits per heavy atom. The number of amides is 1. The molecule has 1 aliphatic heterocycles. The van der Waals surface area contributed by atoms with E-state index < -0.39 is 15.4 Å². The van der Waals surface area contributed by atoms with Gasteiger partial charge in [0.05, 0.1) is 5.25 Å². The number of sulfone groups is 1. The molecule has 1 amide bonds. The maximum Gasteiger partial charge on any atom is 0.410 e. The van der Waals surface area contributed by atoms with E-state index >= 15 is 0 Å². The van der Waals surface area contributed by atoms with E-state index in [2.05, 4.69) is 5.32 Å². The number of ether oxygens (including phenoxy) is 1. The topological polar surface area (TPSA) is 75.7 Å². The summed E-state index contributed by atoms with van der Waals surface area (Å²) in [5.74, 6) is 0. The molecule has 1 saturated carbocycles. The lowest BCUT2D eigenvalue weighted by molar-refractivity contribution is 0.0265. The number of hydrogen-bond donors (Lipinski definition) is 1. The highest BCUT2D eigenvalue weighted by Gasteiger charge is 2.34. The summed E-state index contributed by atoms with van der Waals surface area (Å²) in [6, 6.07) is 0.0461. The highest BCUT2D eigenvalue weighted by Crippen LogP contribution is 2.25. The van der Waals surface area contributed by atoms with Gasteiger partial charge in [-0.25, -0.2) is 13.2 Å². The average Bonchev–Trinajstić information content (AvgIpc) is 2.92. The van der Waals surface area contributed by atoms with Gasteiger partial charge in [0.2, 0.25) is 0 Å². The minimum absolute atomic E-state index is 0.0461. The smallest absolute Gasteiger partial charge is 0.410 e. The third-order valence-corrected chi connectivity index (χ3v) is 6.21. The minimum atomic E-state index is -2.99. The van der Waals surface area contributed by atoms with Crippen LogP contribution in [0.1, 0.15) is 46.5 Å². The van der Waals surface area contributed by atoms with Crippen LogP contribution in [0.4, 0.5) is 4.79 Å². The number of nitrogens with one attached hydrogen (secondary N) is 1. The predicted molar refractivity (Wildman–Crippen MR) is 94.8 cm³/mol. The number of carbonyl (C=O) groups excluding carboxylic acids is 1. The summed E-state index contributed by atoms with van der Waals surface area (Å²) >= 11 is 0. The van der Waals surface area contributed by atoms with Crippen LogP contribution >= 0.6 is 0 Å². The molecule has 0 aromatic carbocycles. The van der Waals surface area contributed by atoms with Crippen LogP contribution in [-0.4, -0.2) is 62.2 Å². The summed E-state index contributed by atoms with van der Waals surface area (Å²) < 4.78 is 29.0. The van der Waals surface area contributed by atoms with Crippen molar-refractivity contribution in [1.29, 1.82) is 0 Å². The first-order valence-corrected chi connectivity index (χ1v) is 10.6. The molecule has 1 heterocycles. The molecule has 1 N–H and O–H groups in total. The zero-order valence-electron chi connectivity index (χ0n) is 15.2. The molecule has 1 fully saturated rings. The number of hydrogen-bond acceptors (Lipinski definition) is 5. The van der Waals surface area contributed by atoms with Crippen molar-refractivity contribution >= 4 is 15.9 Å². The zero-order chi connectivity index (χ0) is 18.0. The van der Waals surface area contributed by atoms with Crippen molar-refractivity contribution in [1.82, 2.24) is 10.2 Å². The predicted octanol–water partition coefficient (Wildman–Crippen LogP) is 2.11. The lowest BCUT2D eigenvalue weighted by atomic mass is 10.1. The lowest BCUT2D eigenvalue weighted by Gasteiger charge is -2.30. The Hall–Kier alpha value is -1.08. The Labute approximate surface area is 145 Å². The highest BCUT2D eigenvalue weighted by atomic mass is 32.2. The molecule has 0 saturated heterocycles. The first-order valence-electron chi connectivity index (χ1n) is 8.64. The Bertz CT molecular complexity index is 592. The summed E-state index contributed by atoms with van der Waals surface area (Å²) in [6.45, 7) is 7.47. The van der Waals surface area contributed by atoms with Crippen LogP contribution in [0.25, 0.3) is 0 Å². The van der Waals surface area contributed by atoms with Crippen LogP contribution in [0.3, 0.4) is 0 Å². The van der Waals surface area contributed by atoms with Crippen LogP contribution in [0.15, 0.2) is 11.6 Å². The van der Waals surface area contributed by atoms with Crippen LogP contribution < -0.4 is 5.32 Å².